The molecule has 2 N–H and O–H groups in total. The van der Waals surface area contributed by atoms with Crippen LogP contribution in [0.15, 0.2) is 78.0 Å². The quantitative estimate of drug-likeness (QED) is 0.386. The predicted molar refractivity (Wildman–Crippen MR) is 130 cm³/mol. The third kappa shape index (κ3) is 5.08. The SMILES string of the molecule is CNC(C)C(=O)Nc1ncc(-c2ccc(F)cc2)n(-c2cncc(C(=O)c3ccc(F)cc3)c2)c1=O. The Morgan fingerprint density at radius 1 is 0.917 bits per heavy atom. The molecule has 2 aromatic heterocycles. The summed E-state index contributed by atoms with van der Waals surface area (Å²) >= 11 is 0. The van der Waals surface area contributed by atoms with Gasteiger partial charge in [0.25, 0.3) is 5.56 Å². The molecule has 8 nitrogen and oxygen atoms in total. The molecule has 0 fully saturated rings. The van der Waals surface area contributed by atoms with Crippen LogP contribution in [0, 0.1) is 11.6 Å². The summed E-state index contributed by atoms with van der Waals surface area (Å²) in [5.74, 6) is -2.07. The highest BCUT2D eigenvalue weighted by Crippen LogP contribution is 2.23. The zero-order valence-electron chi connectivity index (χ0n) is 19.3. The summed E-state index contributed by atoms with van der Waals surface area (Å²) in [5, 5.41) is 5.28. The van der Waals surface area contributed by atoms with Crippen LogP contribution in [0.25, 0.3) is 16.9 Å². The first-order valence-corrected chi connectivity index (χ1v) is 10.9. The Morgan fingerprint density at radius 3 is 2.19 bits per heavy atom. The van der Waals surface area contributed by atoms with Gasteiger partial charge in [0.1, 0.15) is 11.6 Å². The van der Waals surface area contributed by atoms with Gasteiger partial charge >= 0.3 is 0 Å². The molecule has 0 radical (unpaired) electrons. The molecule has 4 rings (SSSR count). The van der Waals surface area contributed by atoms with Crippen molar-refractivity contribution in [3.63, 3.8) is 0 Å². The molecule has 1 amide bonds. The third-order valence-electron chi connectivity index (χ3n) is 5.52. The summed E-state index contributed by atoms with van der Waals surface area (Å²) in [5.41, 5.74) is 0.687. The molecule has 0 saturated carbocycles. The number of halogens is 2. The lowest BCUT2D eigenvalue weighted by atomic mass is 10.0. The van der Waals surface area contributed by atoms with Crippen LogP contribution in [0.1, 0.15) is 22.8 Å². The first-order valence-electron chi connectivity index (χ1n) is 10.9. The molecule has 0 aliphatic carbocycles. The second-order valence-corrected chi connectivity index (χ2v) is 7.91. The molecule has 182 valence electrons. The maximum Gasteiger partial charge on any atom is 0.298 e. The van der Waals surface area contributed by atoms with E-state index in [9.17, 15) is 23.2 Å². The van der Waals surface area contributed by atoms with Gasteiger partial charge in [-0.1, -0.05) is 0 Å². The lowest BCUT2D eigenvalue weighted by Crippen LogP contribution is -2.38. The molecule has 2 heterocycles. The molecule has 0 aliphatic rings. The molecule has 1 atom stereocenters. The number of amides is 1. The summed E-state index contributed by atoms with van der Waals surface area (Å²) in [4.78, 5) is 47.1. The lowest BCUT2D eigenvalue weighted by molar-refractivity contribution is -0.117. The maximum atomic E-state index is 13.5. The molecule has 0 spiro atoms. The second kappa shape index (κ2) is 10.4. The highest BCUT2D eigenvalue weighted by atomic mass is 19.1. The fraction of sp³-hybridized carbons (Fsp3) is 0.115. The molecule has 0 bridgehead atoms. The number of likely N-dealkylation sites (N-methyl/N-ethyl adjacent to an activating group) is 1. The van der Waals surface area contributed by atoms with Gasteiger partial charge in [0.05, 0.1) is 29.8 Å². The Bertz CT molecular complexity index is 1490. The van der Waals surface area contributed by atoms with Crippen molar-refractivity contribution < 1.29 is 18.4 Å². The van der Waals surface area contributed by atoms with Gasteiger partial charge in [0.15, 0.2) is 11.6 Å². The number of rotatable bonds is 7. The van der Waals surface area contributed by atoms with E-state index < -0.39 is 34.9 Å². The molecule has 1 unspecified atom stereocenters. The van der Waals surface area contributed by atoms with E-state index in [-0.39, 0.29) is 28.3 Å². The fourth-order valence-electron chi connectivity index (χ4n) is 3.42. The predicted octanol–water partition coefficient (Wildman–Crippen LogP) is 3.35. The number of hydrogen-bond donors (Lipinski definition) is 2. The minimum atomic E-state index is -0.679. The van der Waals surface area contributed by atoms with Crippen molar-refractivity contribution in [2.24, 2.45) is 0 Å². The highest BCUT2D eigenvalue weighted by Gasteiger charge is 2.19. The van der Waals surface area contributed by atoms with Gasteiger partial charge in [-0.3, -0.25) is 23.9 Å². The van der Waals surface area contributed by atoms with E-state index in [2.05, 4.69) is 20.6 Å². The number of pyridine rings is 1. The van der Waals surface area contributed by atoms with Crippen molar-refractivity contribution in [3.8, 4) is 16.9 Å². The number of aromatic nitrogens is 3. The summed E-state index contributed by atoms with van der Waals surface area (Å²) in [6.45, 7) is 1.62. The number of anilines is 1. The van der Waals surface area contributed by atoms with Crippen LogP contribution in [0.5, 0.6) is 0 Å². The topological polar surface area (TPSA) is 106 Å². The van der Waals surface area contributed by atoms with Gasteiger partial charge in [0.2, 0.25) is 5.91 Å². The highest BCUT2D eigenvalue weighted by molar-refractivity contribution is 6.09. The lowest BCUT2D eigenvalue weighted by Gasteiger charge is -2.16. The van der Waals surface area contributed by atoms with Gasteiger partial charge in [-0.05, 0) is 68.6 Å². The number of ketones is 1. The number of benzene rings is 2. The first kappa shape index (κ1) is 24.6. The maximum absolute atomic E-state index is 13.5. The van der Waals surface area contributed by atoms with Crippen molar-refractivity contribution in [3.05, 3.63) is 106 Å². The Balaban J connectivity index is 1.85. The van der Waals surface area contributed by atoms with Crippen molar-refractivity contribution in [2.45, 2.75) is 13.0 Å². The van der Waals surface area contributed by atoms with Gasteiger partial charge in [-0.2, -0.15) is 0 Å². The van der Waals surface area contributed by atoms with Crippen molar-refractivity contribution in [1.82, 2.24) is 19.9 Å². The van der Waals surface area contributed by atoms with E-state index in [1.807, 2.05) is 0 Å². The van der Waals surface area contributed by atoms with Crippen molar-refractivity contribution in [1.29, 1.82) is 0 Å². The van der Waals surface area contributed by atoms with Crippen LogP contribution in [0.4, 0.5) is 14.6 Å². The van der Waals surface area contributed by atoms with E-state index >= 15 is 0 Å². The Kier molecular flexibility index (Phi) is 7.07. The largest absolute Gasteiger partial charge is 0.309 e. The number of carbonyl (C=O) groups excluding carboxylic acids is 2. The average molecular weight is 489 g/mol. The van der Waals surface area contributed by atoms with E-state index in [4.69, 9.17) is 0 Å². The summed E-state index contributed by atoms with van der Waals surface area (Å²) < 4.78 is 28.1. The standard InChI is InChI=1S/C26H21F2N5O3/c1-15(29-2)25(35)32-24-26(36)33(22(14-31-24)16-3-7-19(27)8-4-16)21-11-18(12-30-13-21)23(34)17-5-9-20(28)10-6-17/h3-15,29H,1-2H3,(H,31,32,35). The van der Waals surface area contributed by atoms with E-state index in [1.165, 1.54) is 77.8 Å². The zero-order chi connectivity index (χ0) is 25.8. The van der Waals surface area contributed by atoms with Gasteiger partial charge in [-0.25, -0.2) is 13.8 Å². The Labute approximate surface area is 204 Å². The van der Waals surface area contributed by atoms with Crippen LogP contribution >= 0.6 is 0 Å². The summed E-state index contributed by atoms with van der Waals surface area (Å²) in [7, 11) is 1.60. The molecule has 36 heavy (non-hydrogen) atoms. The monoisotopic (exact) mass is 489 g/mol. The number of hydrogen-bond acceptors (Lipinski definition) is 6. The minimum Gasteiger partial charge on any atom is -0.309 e. The minimum absolute atomic E-state index is 0.155. The summed E-state index contributed by atoms with van der Waals surface area (Å²) in [6.07, 6.45) is 4.07. The average Bonchev–Trinajstić information content (AvgIpc) is 2.89. The van der Waals surface area contributed by atoms with Gasteiger partial charge in [-0.15, -0.1) is 0 Å². The number of carbonyl (C=O) groups is 2. The smallest absolute Gasteiger partial charge is 0.298 e. The van der Waals surface area contributed by atoms with Gasteiger partial charge < -0.3 is 10.6 Å². The van der Waals surface area contributed by atoms with E-state index in [0.717, 1.165) is 0 Å². The Hall–Kier alpha value is -4.57. The molecule has 10 heteroatoms. The van der Waals surface area contributed by atoms with E-state index in [1.54, 1.807) is 14.0 Å². The number of nitrogens with one attached hydrogen (secondary N) is 2. The first-order chi connectivity index (χ1) is 17.3. The number of nitrogens with zero attached hydrogens (tertiary/aromatic N) is 3. The third-order valence-corrected chi connectivity index (χ3v) is 5.52. The molecule has 0 aliphatic heterocycles. The summed E-state index contributed by atoms with van der Waals surface area (Å²) in [6, 6.07) is 11.3. The molecule has 0 saturated heterocycles. The normalized spacial score (nSPS) is 11.7. The van der Waals surface area contributed by atoms with Crippen LogP contribution in [-0.4, -0.2) is 39.3 Å². The Morgan fingerprint density at radius 2 is 1.56 bits per heavy atom. The molecule has 2 aromatic carbocycles. The zero-order valence-corrected chi connectivity index (χ0v) is 19.3. The van der Waals surface area contributed by atoms with Gasteiger partial charge in [0, 0.05) is 22.9 Å². The van der Waals surface area contributed by atoms with Crippen LogP contribution in [-0.2, 0) is 4.79 Å². The van der Waals surface area contributed by atoms with Crippen LogP contribution in [0.2, 0.25) is 0 Å². The van der Waals surface area contributed by atoms with Crippen molar-refractivity contribution >= 4 is 17.5 Å². The molecule has 4 aromatic rings. The second-order valence-electron chi connectivity index (χ2n) is 7.91. The van der Waals surface area contributed by atoms with Crippen LogP contribution in [0.3, 0.4) is 0 Å². The van der Waals surface area contributed by atoms with Crippen LogP contribution < -0.4 is 16.2 Å². The fourth-order valence-corrected chi connectivity index (χ4v) is 3.42. The molecular formula is C26H21F2N5O3. The van der Waals surface area contributed by atoms with Crippen molar-refractivity contribution in [2.75, 3.05) is 12.4 Å². The molecular weight excluding hydrogens is 468 g/mol. The van der Waals surface area contributed by atoms with E-state index in [0.29, 0.717) is 5.56 Å².